The van der Waals surface area contributed by atoms with Crippen molar-refractivity contribution in [2.45, 2.75) is 32.6 Å². The number of ether oxygens (including phenoxy) is 1. The Balaban J connectivity index is 1.77. The van der Waals surface area contributed by atoms with Gasteiger partial charge in [-0.3, -0.25) is 4.79 Å². The first-order valence-corrected chi connectivity index (χ1v) is 10.6. The highest BCUT2D eigenvalue weighted by Gasteiger charge is 2.20. The van der Waals surface area contributed by atoms with E-state index in [9.17, 15) is 15.0 Å². The topological polar surface area (TPSA) is 95.2 Å². The van der Waals surface area contributed by atoms with Gasteiger partial charge in [0.15, 0.2) is 17.6 Å². The lowest BCUT2D eigenvalue weighted by molar-refractivity contribution is -0.0419. The number of rotatable bonds is 5. The molecule has 1 unspecified atom stereocenters. The monoisotopic (exact) mass is 424 g/mol. The third kappa shape index (κ3) is 4.58. The average Bonchev–Trinajstić information content (AvgIpc) is 3.03. The summed E-state index contributed by atoms with van der Waals surface area (Å²) < 4.78 is 11.8. The highest BCUT2D eigenvalue weighted by atomic mass is 16.5. The van der Waals surface area contributed by atoms with Crippen LogP contribution in [0.2, 0.25) is 0 Å². The number of aliphatic hydroxyl groups is 2. The largest absolute Gasteiger partial charge is 0.440 e. The molecule has 1 aromatic heterocycles. The van der Waals surface area contributed by atoms with Crippen molar-refractivity contribution in [1.82, 2.24) is 0 Å². The number of anilines is 2. The molecule has 2 aromatic carbocycles. The molecule has 3 aromatic rings. The van der Waals surface area contributed by atoms with E-state index >= 15 is 0 Å². The van der Waals surface area contributed by atoms with Crippen molar-refractivity contribution in [3.8, 4) is 0 Å². The smallest absolute Gasteiger partial charge is 0.200 e. The Morgan fingerprint density at radius 3 is 2.68 bits per heavy atom. The van der Waals surface area contributed by atoms with Crippen LogP contribution in [-0.4, -0.2) is 36.5 Å². The molecule has 0 bridgehead atoms. The fraction of sp³-hybridized carbons (Fsp3) is 0.375. The van der Waals surface area contributed by atoms with Crippen molar-refractivity contribution in [2.24, 2.45) is 0 Å². The van der Waals surface area contributed by atoms with E-state index in [2.05, 4.69) is 5.32 Å². The minimum absolute atomic E-state index is 0.0789. The normalized spacial score (nSPS) is 15.8. The van der Waals surface area contributed by atoms with Gasteiger partial charge < -0.3 is 29.6 Å². The lowest BCUT2D eigenvalue weighted by atomic mass is 10.0. The molecule has 31 heavy (non-hydrogen) atoms. The van der Waals surface area contributed by atoms with Gasteiger partial charge in [0.05, 0.1) is 18.0 Å². The summed E-state index contributed by atoms with van der Waals surface area (Å²) in [5, 5.41) is 23.2. The van der Waals surface area contributed by atoms with E-state index in [1.807, 2.05) is 36.9 Å². The van der Waals surface area contributed by atoms with E-state index in [4.69, 9.17) is 9.15 Å². The van der Waals surface area contributed by atoms with Crippen LogP contribution in [-0.2, 0) is 4.74 Å². The molecule has 7 heteroatoms. The van der Waals surface area contributed by atoms with Crippen molar-refractivity contribution in [1.29, 1.82) is 0 Å². The quantitative estimate of drug-likeness (QED) is 0.540. The van der Waals surface area contributed by atoms with Crippen LogP contribution in [0.5, 0.6) is 0 Å². The van der Waals surface area contributed by atoms with E-state index in [1.165, 1.54) is 0 Å². The Morgan fingerprint density at radius 1 is 1.06 bits per heavy atom. The predicted octanol–water partition coefficient (Wildman–Crippen LogP) is 3.48. The number of nitrogens with zero attached hydrogens (tertiary/aromatic N) is 1. The SMILES string of the molecule is Cc1cc(C(C)Nc2ccccc2C(O)O)c2oc(N3CCCOCC3)cc(=O)c2c1. The number of fused-ring (bicyclic) bond motifs is 1. The lowest BCUT2D eigenvalue weighted by Crippen LogP contribution is -2.27. The number of benzene rings is 2. The summed E-state index contributed by atoms with van der Waals surface area (Å²) >= 11 is 0. The molecule has 2 heterocycles. The Kier molecular flexibility index (Phi) is 6.27. The van der Waals surface area contributed by atoms with Crippen molar-refractivity contribution < 1.29 is 19.4 Å². The van der Waals surface area contributed by atoms with Crippen LogP contribution >= 0.6 is 0 Å². The molecule has 0 aliphatic carbocycles. The van der Waals surface area contributed by atoms with Crippen molar-refractivity contribution in [2.75, 3.05) is 36.5 Å². The van der Waals surface area contributed by atoms with Crippen LogP contribution in [0.1, 0.15) is 42.4 Å². The van der Waals surface area contributed by atoms with Crippen molar-refractivity contribution >= 4 is 22.5 Å². The first-order valence-electron chi connectivity index (χ1n) is 10.6. The zero-order valence-electron chi connectivity index (χ0n) is 17.8. The van der Waals surface area contributed by atoms with E-state index in [1.54, 1.807) is 24.3 Å². The molecule has 1 aliphatic rings. The van der Waals surface area contributed by atoms with Crippen LogP contribution in [0, 0.1) is 6.92 Å². The van der Waals surface area contributed by atoms with Crippen LogP contribution < -0.4 is 15.6 Å². The second kappa shape index (κ2) is 9.09. The molecule has 164 valence electrons. The van der Waals surface area contributed by atoms with Gasteiger partial charge in [-0.25, -0.2) is 0 Å². The number of aliphatic hydroxyl groups excluding tert-OH is 1. The van der Waals surface area contributed by atoms with Gasteiger partial charge in [0.25, 0.3) is 0 Å². The Labute approximate surface area is 180 Å². The van der Waals surface area contributed by atoms with E-state index in [-0.39, 0.29) is 11.5 Å². The number of para-hydroxylation sites is 1. The van der Waals surface area contributed by atoms with Crippen molar-refractivity contribution in [3.05, 3.63) is 69.4 Å². The van der Waals surface area contributed by atoms with Gasteiger partial charge in [-0.2, -0.15) is 0 Å². The summed E-state index contributed by atoms with van der Waals surface area (Å²) in [7, 11) is 0. The summed E-state index contributed by atoms with van der Waals surface area (Å²) in [4.78, 5) is 15.0. The van der Waals surface area contributed by atoms with Gasteiger partial charge in [-0.1, -0.05) is 24.3 Å². The van der Waals surface area contributed by atoms with Gasteiger partial charge in [0.1, 0.15) is 5.58 Å². The van der Waals surface area contributed by atoms with Gasteiger partial charge in [-0.05, 0) is 38.0 Å². The Bertz CT molecular complexity index is 1120. The molecule has 3 N–H and O–H groups in total. The number of aryl methyl sites for hydroxylation is 1. The maximum Gasteiger partial charge on any atom is 0.200 e. The molecular formula is C24H28N2O5. The van der Waals surface area contributed by atoms with Crippen LogP contribution in [0.25, 0.3) is 11.0 Å². The lowest BCUT2D eigenvalue weighted by Gasteiger charge is -2.23. The van der Waals surface area contributed by atoms with Gasteiger partial charge in [-0.15, -0.1) is 0 Å². The third-order valence-corrected chi connectivity index (χ3v) is 5.60. The minimum atomic E-state index is -1.58. The molecular weight excluding hydrogens is 396 g/mol. The number of hydrogen-bond donors (Lipinski definition) is 3. The average molecular weight is 424 g/mol. The third-order valence-electron chi connectivity index (χ3n) is 5.60. The summed E-state index contributed by atoms with van der Waals surface area (Å²) in [6.07, 6.45) is -0.708. The first kappa shape index (κ1) is 21.4. The molecule has 1 fully saturated rings. The molecule has 0 amide bonds. The molecule has 7 nitrogen and oxygen atoms in total. The Hall–Kier alpha value is -2.87. The van der Waals surface area contributed by atoms with E-state index < -0.39 is 6.29 Å². The van der Waals surface area contributed by atoms with Gasteiger partial charge in [0.2, 0.25) is 0 Å². The van der Waals surface area contributed by atoms with Crippen LogP contribution in [0.15, 0.2) is 51.7 Å². The van der Waals surface area contributed by atoms with Crippen LogP contribution in [0.4, 0.5) is 11.6 Å². The molecule has 1 aliphatic heterocycles. The zero-order chi connectivity index (χ0) is 22.0. The zero-order valence-corrected chi connectivity index (χ0v) is 17.8. The molecule has 0 saturated carbocycles. The second-order valence-electron chi connectivity index (χ2n) is 7.96. The fourth-order valence-corrected chi connectivity index (χ4v) is 4.03. The molecule has 0 spiro atoms. The number of hydrogen-bond acceptors (Lipinski definition) is 7. The van der Waals surface area contributed by atoms with E-state index in [0.29, 0.717) is 47.9 Å². The molecule has 4 rings (SSSR count). The summed E-state index contributed by atoms with van der Waals surface area (Å²) in [6.45, 7) is 6.65. The predicted molar refractivity (Wildman–Crippen MR) is 121 cm³/mol. The summed E-state index contributed by atoms with van der Waals surface area (Å²) in [5.74, 6) is 0.548. The minimum Gasteiger partial charge on any atom is -0.440 e. The molecule has 1 atom stereocenters. The van der Waals surface area contributed by atoms with Crippen LogP contribution in [0.3, 0.4) is 0 Å². The summed E-state index contributed by atoms with van der Waals surface area (Å²) in [5.41, 5.74) is 3.25. The standard InChI is InChI=1S/C24H28N2O5/c1-15-12-18(16(2)25-20-7-4-3-6-17(20)24(28)29)23-19(13-15)21(27)14-22(31-23)26-8-5-10-30-11-9-26/h3-4,6-7,12-14,16,24-25,28-29H,5,8-11H2,1-2H3. The van der Waals surface area contributed by atoms with E-state index in [0.717, 1.165) is 24.1 Å². The first-order chi connectivity index (χ1) is 14.9. The highest BCUT2D eigenvalue weighted by molar-refractivity contribution is 5.82. The fourth-order valence-electron chi connectivity index (χ4n) is 4.03. The second-order valence-corrected chi connectivity index (χ2v) is 7.96. The van der Waals surface area contributed by atoms with Gasteiger partial charge in [0, 0.05) is 42.6 Å². The maximum atomic E-state index is 13.0. The highest BCUT2D eigenvalue weighted by Crippen LogP contribution is 2.31. The molecule has 1 saturated heterocycles. The van der Waals surface area contributed by atoms with Gasteiger partial charge >= 0.3 is 0 Å². The maximum absolute atomic E-state index is 13.0. The van der Waals surface area contributed by atoms with Crippen molar-refractivity contribution in [3.63, 3.8) is 0 Å². The Morgan fingerprint density at radius 2 is 1.87 bits per heavy atom. The molecule has 0 radical (unpaired) electrons. The summed E-state index contributed by atoms with van der Waals surface area (Å²) in [6, 6.07) is 12.2. The number of nitrogens with one attached hydrogen (secondary N) is 1.